The SMILES string of the molecule is C=CCN1CCC2(c3cccc(O)c3)CC(N(C)C(=O)OCc3ccccc3)CCC2(OC(C)=O)C1. The van der Waals surface area contributed by atoms with Crippen molar-refractivity contribution in [3.05, 3.63) is 78.4 Å². The van der Waals surface area contributed by atoms with Gasteiger partial charge in [0, 0.05) is 38.5 Å². The largest absolute Gasteiger partial charge is 0.508 e. The van der Waals surface area contributed by atoms with Gasteiger partial charge in [-0.1, -0.05) is 48.5 Å². The summed E-state index contributed by atoms with van der Waals surface area (Å²) in [7, 11) is 1.78. The smallest absolute Gasteiger partial charge is 0.410 e. The molecule has 0 aromatic heterocycles. The molecule has 1 aliphatic heterocycles. The average Bonchev–Trinajstić information content (AvgIpc) is 2.87. The van der Waals surface area contributed by atoms with Gasteiger partial charge in [0.1, 0.15) is 18.0 Å². The van der Waals surface area contributed by atoms with Crippen LogP contribution in [0.25, 0.3) is 0 Å². The Morgan fingerprint density at radius 3 is 2.67 bits per heavy atom. The maximum Gasteiger partial charge on any atom is 0.410 e. The molecule has 0 spiro atoms. The summed E-state index contributed by atoms with van der Waals surface area (Å²) in [5.74, 6) is -0.154. The van der Waals surface area contributed by atoms with Gasteiger partial charge in [0.15, 0.2) is 0 Å². The van der Waals surface area contributed by atoms with Gasteiger partial charge in [-0.2, -0.15) is 0 Å². The van der Waals surface area contributed by atoms with E-state index in [4.69, 9.17) is 9.47 Å². The number of amides is 1. The lowest BCUT2D eigenvalue weighted by atomic mass is 9.55. The number of nitrogens with zero attached hydrogens (tertiary/aromatic N) is 2. The molecule has 1 amide bonds. The molecule has 1 N–H and O–H groups in total. The van der Waals surface area contributed by atoms with Gasteiger partial charge in [-0.3, -0.25) is 9.69 Å². The fraction of sp³-hybridized carbons (Fsp3) is 0.448. The van der Waals surface area contributed by atoms with Crippen molar-refractivity contribution >= 4 is 12.1 Å². The highest BCUT2D eigenvalue weighted by Crippen LogP contribution is 2.54. The number of hydrogen-bond donors (Lipinski definition) is 1. The van der Waals surface area contributed by atoms with Gasteiger partial charge in [-0.05, 0) is 55.5 Å². The second-order valence-corrected chi connectivity index (χ2v) is 10.0. The molecule has 7 nitrogen and oxygen atoms in total. The molecule has 2 aliphatic rings. The Morgan fingerprint density at radius 2 is 1.97 bits per heavy atom. The third-order valence-electron chi connectivity index (χ3n) is 7.84. The lowest BCUT2D eigenvalue weighted by Gasteiger charge is -2.60. The van der Waals surface area contributed by atoms with Gasteiger partial charge in [0.2, 0.25) is 0 Å². The van der Waals surface area contributed by atoms with Crippen molar-refractivity contribution < 1.29 is 24.2 Å². The summed E-state index contributed by atoms with van der Waals surface area (Å²) >= 11 is 0. The van der Waals surface area contributed by atoms with Gasteiger partial charge < -0.3 is 19.5 Å². The van der Waals surface area contributed by atoms with E-state index in [-0.39, 0.29) is 30.5 Å². The molecule has 0 radical (unpaired) electrons. The quantitative estimate of drug-likeness (QED) is 0.448. The molecule has 2 aromatic carbocycles. The van der Waals surface area contributed by atoms with Crippen LogP contribution in [0.3, 0.4) is 0 Å². The van der Waals surface area contributed by atoms with Gasteiger partial charge >= 0.3 is 12.1 Å². The standard InChI is InChI=1S/C29H36N2O5/c1-4-16-31-17-15-28(24-11-8-12-26(33)18-24)19-25(13-14-29(28,21-31)36-22(2)32)30(3)27(34)35-20-23-9-6-5-7-10-23/h4-12,18,25,33H,1,13-17,19-21H2,2-3H3. The van der Waals surface area contributed by atoms with Gasteiger partial charge in [-0.15, -0.1) is 6.58 Å². The summed E-state index contributed by atoms with van der Waals surface area (Å²) in [6.07, 6.45) is 4.08. The molecule has 2 aromatic rings. The first-order valence-corrected chi connectivity index (χ1v) is 12.5. The normalized spacial score (nSPS) is 25.9. The van der Waals surface area contributed by atoms with Crippen molar-refractivity contribution in [2.24, 2.45) is 0 Å². The summed E-state index contributed by atoms with van der Waals surface area (Å²) in [6.45, 7) is 7.61. The van der Waals surface area contributed by atoms with E-state index >= 15 is 0 Å². The molecule has 1 heterocycles. The van der Waals surface area contributed by atoms with Crippen molar-refractivity contribution in [2.75, 3.05) is 26.7 Å². The van der Waals surface area contributed by atoms with Crippen LogP contribution in [0.15, 0.2) is 67.3 Å². The van der Waals surface area contributed by atoms with E-state index in [1.54, 1.807) is 24.1 Å². The van der Waals surface area contributed by atoms with Crippen molar-refractivity contribution in [3.63, 3.8) is 0 Å². The number of aromatic hydroxyl groups is 1. The van der Waals surface area contributed by atoms with E-state index in [1.165, 1.54) is 6.92 Å². The number of carbonyl (C=O) groups excluding carboxylic acids is 2. The Labute approximate surface area is 213 Å². The minimum Gasteiger partial charge on any atom is -0.508 e. The number of likely N-dealkylation sites (tertiary alicyclic amines) is 1. The Bertz CT molecular complexity index is 1090. The molecule has 36 heavy (non-hydrogen) atoms. The number of hydrogen-bond acceptors (Lipinski definition) is 6. The predicted molar refractivity (Wildman–Crippen MR) is 138 cm³/mol. The molecular formula is C29H36N2O5. The van der Waals surface area contributed by atoms with Gasteiger partial charge in [0.25, 0.3) is 0 Å². The first-order chi connectivity index (χ1) is 17.3. The zero-order chi connectivity index (χ0) is 25.8. The van der Waals surface area contributed by atoms with Crippen molar-refractivity contribution in [2.45, 2.75) is 56.3 Å². The highest BCUT2D eigenvalue weighted by molar-refractivity contribution is 5.68. The number of carbonyl (C=O) groups is 2. The number of piperidine rings is 1. The summed E-state index contributed by atoms with van der Waals surface area (Å²) in [4.78, 5) is 29.4. The van der Waals surface area contributed by atoms with Gasteiger partial charge in [-0.25, -0.2) is 4.79 Å². The summed E-state index contributed by atoms with van der Waals surface area (Å²) in [5, 5.41) is 10.4. The number of benzene rings is 2. The summed E-state index contributed by atoms with van der Waals surface area (Å²) < 4.78 is 11.8. The van der Waals surface area contributed by atoms with E-state index in [0.29, 0.717) is 32.4 Å². The Hall–Kier alpha value is -3.32. The Balaban J connectivity index is 1.64. The zero-order valence-corrected chi connectivity index (χ0v) is 21.2. The van der Waals surface area contributed by atoms with E-state index < -0.39 is 11.0 Å². The topological polar surface area (TPSA) is 79.3 Å². The Kier molecular flexibility index (Phi) is 7.69. The van der Waals surface area contributed by atoms with E-state index in [9.17, 15) is 14.7 Å². The minimum atomic E-state index is -0.779. The molecule has 3 unspecified atom stereocenters. The highest BCUT2D eigenvalue weighted by Gasteiger charge is 2.61. The minimum absolute atomic E-state index is 0.106. The molecule has 2 fully saturated rings. The number of fused-ring (bicyclic) bond motifs is 1. The monoisotopic (exact) mass is 492 g/mol. The maximum atomic E-state index is 13.0. The second kappa shape index (κ2) is 10.7. The fourth-order valence-corrected chi connectivity index (χ4v) is 6.10. The molecule has 3 atom stereocenters. The molecule has 1 saturated heterocycles. The summed E-state index contributed by atoms with van der Waals surface area (Å²) in [6, 6.07) is 16.8. The first kappa shape index (κ1) is 25.8. The fourth-order valence-electron chi connectivity index (χ4n) is 6.10. The molecule has 0 bridgehead atoms. The number of esters is 1. The van der Waals surface area contributed by atoms with Crippen molar-refractivity contribution in [3.8, 4) is 5.75 Å². The Morgan fingerprint density at radius 1 is 1.19 bits per heavy atom. The number of ether oxygens (including phenoxy) is 2. The van der Waals surface area contributed by atoms with E-state index in [1.807, 2.05) is 48.5 Å². The van der Waals surface area contributed by atoms with E-state index in [2.05, 4.69) is 11.5 Å². The molecule has 1 aliphatic carbocycles. The van der Waals surface area contributed by atoms with Crippen LogP contribution < -0.4 is 0 Å². The molecular weight excluding hydrogens is 456 g/mol. The predicted octanol–water partition coefficient (Wildman–Crippen LogP) is 4.64. The second-order valence-electron chi connectivity index (χ2n) is 10.0. The number of phenolic OH excluding ortho intramolecular Hbond substituents is 1. The number of phenols is 1. The lowest BCUT2D eigenvalue weighted by Crippen LogP contribution is -2.68. The van der Waals surface area contributed by atoms with Crippen LogP contribution in [0.5, 0.6) is 5.75 Å². The number of rotatable bonds is 7. The maximum absolute atomic E-state index is 13.0. The average molecular weight is 493 g/mol. The van der Waals surface area contributed by atoms with Crippen molar-refractivity contribution in [1.29, 1.82) is 0 Å². The highest BCUT2D eigenvalue weighted by atomic mass is 16.6. The van der Waals surface area contributed by atoms with Crippen LogP contribution in [-0.4, -0.2) is 65.3 Å². The van der Waals surface area contributed by atoms with Gasteiger partial charge in [0.05, 0.1) is 0 Å². The van der Waals surface area contributed by atoms with Crippen LogP contribution in [-0.2, 0) is 26.3 Å². The summed E-state index contributed by atoms with van der Waals surface area (Å²) in [5.41, 5.74) is 0.519. The molecule has 192 valence electrons. The van der Waals surface area contributed by atoms with Crippen LogP contribution >= 0.6 is 0 Å². The zero-order valence-electron chi connectivity index (χ0n) is 21.2. The van der Waals surface area contributed by atoms with Crippen molar-refractivity contribution in [1.82, 2.24) is 9.80 Å². The third kappa shape index (κ3) is 5.12. The van der Waals surface area contributed by atoms with Crippen LogP contribution in [0.2, 0.25) is 0 Å². The third-order valence-corrected chi connectivity index (χ3v) is 7.84. The molecule has 4 rings (SSSR count). The molecule has 1 saturated carbocycles. The van der Waals surface area contributed by atoms with Crippen LogP contribution in [0, 0.1) is 0 Å². The lowest BCUT2D eigenvalue weighted by molar-refractivity contribution is -0.188. The first-order valence-electron chi connectivity index (χ1n) is 12.5. The van der Waals surface area contributed by atoms with Crippen LogP contribution in [0.1, 0.15) is 43.7 Å². The van der Waals surface area contributed by atoms with E-state index in [0.717, 1.165) is 24.1 Å². The van der Waals surface area contributed by atoms with Crippen LogP contribution in [0.4, 0.5) is 4.79 Å². The molecule has 7 heteroatoms.